The first kappa shape index (κ1) is 27.7. The Balaban J connectivity index is 1.48. The van der Waals surface area contributed by atoms with Gasteiger partial charge in [0.05, 0.1) is 42.8 Å². The van der Waals surface area contributed by atoms with Gasteiger partial charge >= 0.3 is 0 Å². The number of anilines is 2. The molecule has 1 heterocycles. The van der Waals surface area contributed by atoms with Crippen molar-refractivity contribution in [1.82, 2.24) is 5.43 Å². The number of hydrazone groups is 1. The second-order valence-electron chi connectivity index (χ2n) is 9.10. The molecule has 204 valence electrons. The first-order valence-electron chi connectivity index (χ1n) is 12.2. The number of carbonyl (C=O) groups is 1. The monoisotopic (exact) mass is 551 g/mol. The summed E-state index contributed by atoms with van der Waals surface area (Å²) in [7, 11) is -3.58. The number of sulfonamides is 1. The van der Waals surface area contributed by atoms with E-state index in [-0.39, 0.29) is 17.8 Å². The number of morpholine rings is 1. The van der Waals surface area contributed by atoms with Crippen LogP contribution in [0.4, 0.5) is 17.1 Å². The molecular formula is C27H29N5O6S. The minimum atomic E-state index is -3.58. The number of non-ortho nitro benzene ring substituents is 1. The maximum Gasteiger partial charge on any atom is 0.271 e. The summed E-state index contributed by atoms with van der Waals surface area (Å²) < 4.78 is 31.6. The molecular weight excluding hydrogens is 522 g/mol. The van der Waals surface area contributed by atoms with Gasteiger partial charge in [-0.2, -0.15) is 5.10 Å². The lowest BCUT2D eigenvalue weighted by Gasteiger charge is -2.29. The average molecular weight is 552 g/mol. The predicted octanol–water partition coefficient (Wildman–Crippen LogP) is 3.47. The Morgan fingerprint density at radius 2 is 1.77 bits per heavy atom. The van der Waals surface area contributed by atoms with Crippen LogP contribution in [0, 0.1) is 17.0 Å². The van der Waals surface area contributed by atoms with Gasteiger partial charge in [0.2, 0.25) is 10.0 Å². The molecule has 1 saturated heterocycles. The second-order valence-corrected chi connectivity index (χ2v) is 11.0. The summed E-state index contributed by atoms with van der Waals surface area (Å²) in [6, 6.07) is 18.2. The summed E-state index contributed by atoms with van der Waals surface area (Å²) in [5, 5.41) is 15.3. The number of nitro groups is 1. The van der Waals surface area contributed by atoms with Crippen molar-refractivity contribution < 1.29 is 22.9 Å². The highest BCUT2D eigenvalue weighted by atomic mass is 32.2. The number of hydrogen-bond donors (Lipinski definition) is 1. The van der Waals surface area contributed by atoms with E-state index < -0.39 is 20.9 Å². The molecule has 0 bridgehead atoms. The molecule has 1 aliphatic rings. The molecule has 0 radical (unpaired) electrons. The van der Waals surface area contributed by atoms with Crippen LogP contribution in [-0.2, 0) is 21.3 Å². The normalized spacial score (nSPS) is 13.8. The van der Waals surface area contributed by atoms with E-state index >= 15 is 0 Å². The van der Waals surface area contributed by atoms with Crippen LogP contribution in [0.25, 0.3) is 0 Å². The summed E-state index contributed by atoms with van der Waals surface area (Å²) in [6.45, 7) is 4.46. The van der Waals surface area contributed by atoms with Gasteiger partial charge in [0, 0.05) is 42.0 Å². The first-order chi connectivity index (χ1) is 18.6. The maximum atomic E-state index is 12.7. The lowest BCUT2D eigenvalue weighted by molar-refractivity contribution is -0.384. The highest BCUT2D eigenvalue weighted by Crippen LogP contribution is 2.25. The third kappa shape index (κ3) is 7.18. The average Bonchev–Trinajstić information content (AvgIpc) is 2.92. The fraction of sp³-hybridized carbons (Fsp3) is 0.259. The van der Waals surface area contributed by atoms with Gasteiger partial charge in [-0.05, 0) is 42.8 Å². The Bertz CT molecular complexity index is 1470. The van der Waals surface area contributed by atoms with Crippen LogP contribution in [0.15, 0.2) is 71.8 Å². The molecule has 3 aromatic carbocycles. The van der Waals surface area contributed by atoms with Crippen molar-refractivity contribution in [3.63, 3.8) is 0 Å². The molecule has 12 heteroatoms. The topological polar surface area (TPSA) is 134 Å². The lowest BCUT2D eigenvalue weighted by atomic mass is 10.1. The molecule has 0 atom stereocenters. The molecule has 0 unspecified atom stereocenters. The number of hydrogen-bond acceptors (Lipinski definition) is 8. The minimum Gasteiger partial charge on any atom is -0.378 e. The molecule has 1 N–H and O–H groups in total. The van der Waals surface area contributed by atoms with E-state index in [0.29, 0.717) is 37.6 Å². The molecule has 1 aliphatic heterocycles. The third-order valence-electron chi connectivity index (χ3n) is 6.21. The summed E-state index contributed by atoms with van der Waals surface area (Å²) in [5.74, 6) is -0.513. The van der Waals surface area contributed by atoms with Gasteiger partial charge in [-0.25, -0.2) is 13.8 Å². The first-order valence-corrected chi connectivity index (χ1v) is 14.0. The Kier molecular flexibility index (Phi) is 8.57. The van der Waals surface area contributed by atoms with E-state index in [2.05, 4.69) is 10.5 Å². The summed E-state index contributed by atoms with van der Waals surface area (Å²) in [6.07, 6.45) is 2.51. The molecule has 11 nitrogen and oxygen atoms in total. The highest BCUT2D eigenvalue weighted by molar-refractivity contribution is 7.92. The van der Waals surface area contributed by atoms with E-state index in [4.69, 9.17) is 4.74 Å². The van der Waals surface area contributed by atoms with Gasteiger partial charge in [0.15, 0.2) is 0 Å². The third-order valence-corrected chi connectivity index (χ3v) is 7.35. The predicted molar refractivity (Wildman–Crippen MR) is 150 cm³/mol. The van der Waals surface area contributed by atoms with Crippen molar-refractivity contribution in [2.75, 3.05) is 41.8 Å². The standard InChI is InChI=1S/C27H29N5O6S/c1-20-3-5-21(6-4-20)19-31(39(2,36)37)24-9-7-22(8-10-24)27(33)29-28-18-23-17-25(32(34)35)11-12-26(23)30-13-15-38-16-14-30/h3-12,17-18H,13-16,19H2,1-2H3,(H,29,33)/b28-18-. The maximum absolute atomic E-state index is 12.7. The number of carbonyl (C=O) groups excluding carboxylic acids is 1. The Morgan fingerprint density at radius 1 is 1.10 bits per heavy atom. The fourth-order valence-electron chi connectivity index (χ4n) is 4.11. The minimum absolute atomic E-state index is 0.0866. The zero-order chi connectivity index (χ0) is 28.0. The van der Waals surface area contributed by atoms with Gasteiger partial charge in [-0.15, -0.1) is 0 Å². The van der Waals surface area contributed by atoms with Gasteiger partial charge in [0.25, 0.3) is 11.6 Å². The number of rotatable bonds is 9. The van der Waals surface area contributed by atoms with Crippen molar-refractivity contribution in [3.8, 4) is 0 Å². The summed E-state index contributed by atoms with van der Waals surface area (Å²) in [4.78, 5) is 25.5. The largest absolute Gasteiger partial charge is 0.378 e. The van der Waals surface area contributed by atoms with Crippen molar-refractivity contribution in [1.29, 1.82) is 0 Å². The quantitative estimate of drug-likeness (QED) is 0.244. The zero-order valence-corrected chi connectivity index (χ0v) is 22.4. The van der Waals surface area contributed by atoms with Crippen molar-refractivity contribution in [2.45, 2.75) is 13.5 Å². The van der Waals surface area contributed by atoms with E-state index in [1.807, 2.05) is 36.1 Å². The SMILES string of the molecule is Cc1ccc(CN(c2ccc(C(=O)N/N=C\c3cc([N+](=O)[O-])ccc3N3CCOCC3)cc2)S(C)(=O)=O)cc1. The molecule has 1 fully saturated rings. The van der Waals surface area contributed by atoms with Crippen LogP contribution >= 0.6 is 0 Å². The van der Waals surface area contributed by atoms with Gasteiger partial charge in [-0.1, -0.05) is 29.8 Å². The van der Waals surface area contributed by atoms with Crippen molar-refractivity contribution in [2.24, 2.45) is 5.10 Å². The smallest absolute Gasteiger partial charge is 0.271 e. The molecule has 0 saturated carbocycles. The number of ether oxygens (including phenoxy) is 1. The zero-order valence-electron chi connectivity index (χ0n) is 21.6. The number of benzene rings is 3. The summed E-state index contributed by atoms with van der Waals surface area (Å²) in [5.41, 5.74) is 6.19. The fourth-order valence-corrected chi connectivity index (χ4v) is 5.00. The van der Waals surface area contributed by atoms with E-state index in [1.54, 1.807) is 18.2 Å². The van der Waals surface area contributed by atoms with Gasteiger partial charge in [0.1, 0.15) is 0 Å². The Labute approximate surface area is 226 Å². The molecule has 0 aromatic heterocycles. The van der Waals surface area contributed by atoms with Crippen molar-refractivity contribution in [3.05, 3.63) is 99.1 Å². The number of nitrogens with zero attached hydrogens (tertiary/aromatic N) is 4. The van der Waals surface area contributed by atoms with Gasteiger partial charge in [-0.3, -0.25) is 19.2 Å². The highest BCUT2D eigenvalue weighted by Gasteiger charge is 2.19. The molecule has 4 rings (SSSR count). The van der Waals surface area contributed by atoms with Crippen LogP contribution in [0.1, 0.15) is 27.0 Å². The lowest BCUT2D eigenvalue weighted by Crippen LogP contribution is -2.36. The number of amides is 1. The number of nitrogens with one attached hydrogen (secondary N) is 1. The molecule has 39 heavy (non-hydrogen) atoms. The van der Waals surface area contributed by atoms with Gasteiger partial charge < -0.3 is 9.64 Å². The van der Waals surface area contributed by atoms with E-state index in [0.717, 1.165) is 23.1 Å². The Morgan fingerprint density at radius 3 is 2.38 bits per heavy atom. The van der Waals surface area contributed by atoms with Crippen LogP contribution in [0.5, 0.6) is 0 Å². The molecule has 3 aromatic rings. The second kappa shape index (κ2) is 12.0. The molecule has 1 amide bonds. The number of aryl methyl sites for hydroxylation is 1. The van der Waals surface area contributed by atoms with Crippen LogP contribution in [0.3, 0.4) is 0 Å². The van der Waals surface area contributed by atoms with Crippen LogP contribution in [-0.4, -0.2) is 58.0 Å². The molecule has 0 aliphatic carbocycles. The Hall–Kier alpha value is -4.29. The number of nitro benzene ring substituents is 1. The molecule has 0 spiro atoms. The van der Waals surface area contributed by atoms with Crippen LogP contribution < -0.4 is 14.6 Å². The van der Waals surface area contributed by atoms with Crippen molar-refractivity contribution >= 4 is 39.2 Å². The summed E-state index contributed by atoms with van der Waals surface area (Å²) >= 11 is 0. The van der Waals surface area contributed by atoms with Crippen LogP contribution in [0.2, 0.25) is 0 Å². The van der Waals surface area contributed by atoms with E-state index in [1.165, 1.54) is 34.8 Å². The van der Waals surface area contributed by atoms with E-state index in [9.17, 15) is 23.3 Å².